The lowest BCUT2D eigenvalue weighted by Crippen LogP contribution is -2.43. The van der Waals surface area contributed by atoms with Crippen molar-refractivity contribution >= 4 is 17.7 Å². The molecule has 0 aromatic heterocycles. The van der Waals surface area contributed by atoms with Crippen molar-refractivity contribution in [1.29, 1.82) is 0 Å². The highest BCUT2D eigenvalue weighted by Crippen LogP contribution is 2.14. The van der Waals surface area contributed by atoms with Gasteiger partial charge in [0.2, 0.25) is 0 Å². The third-order valence-electron chi connectivity index (χ3n) is 2.85. The van der Waals surface area contributed by atoms with Crippen molar-refractivity contribution < 1.29 is 14.3 Å². The average molecular weight is 292 g/mol. The zero-order chi connectivity index (χ0) is 16.0. The Kier molecular flexibility index (Phi) is 5.76. The van der Waals surface area contributed by atoms with Crippen LogP contribution in [0.2, 0.25) is 0 Å². The number of rotatable bonds is 4. The first-order valence-corrected chi connectivity index (χ1v) is 6.97. The van der Waals surface area contributed by atoms with Crippen molar-refractivity contribution in [2.45, 2.75) is 39.7 Å². The third-order valence-corrected chi connectivity index (χ3v) is 2.85. The van der Waals surface area contributed by atoms with E-state index in [0.29, 0.717) is 12.1 Å². The zero-order valence-electron chi connectivity index (χ0n) is 13.3. The summed E-state index contributed by atoms with van der Waals surface area (Å²) >= 11 is 0. The van der Waals surface area contributed by atoms with Crippen LogP contribution in [0, 0.1) is 5.92 Å². The summed E-state index contributed by atoms with van der Waals surface area (Å²) in [5, 5.41) is 5.60. The highest BCUT2D eigenvalue weighted by Gasteiger charge is 2.15. The molecule has 1 unspecified atom stereocenters. The Morgan fingerprint density at radius 3 is 2.24 bits per heavy atom. The summed E-state index contributed by atoms with van der Waals surface area (Å²) in [6, 6.07) is 7.19. The van der Waals surface area contributed by atoms with Gasteiger partial charge in [-0.15, -0.1) is 0 Å². The quantitative estimate of drug-likeness (QED) is 0.838. The highest BCUT2D eigenvalue weighted by atomic mass is 16.5. The highest BCUT2D eigenvalue weighted by molar-refractivity contribution is 5.89. The van der Waals surface area contributed by atoms with Gasteiger partial charge in [0.15, 0.2) is 0 Å². The van der Waals surface area contributed by atoms with Gasteiger partial charge in [0, 0.05) is 11.2 Å². The summed E-state index contributed by atoms with van der Waals surface area (Å²) in [6.07, 6.45) is 0.612. The van der Waals surface area contributed by atoms with Crippen molar-refractivity contribution in [2.24, 2.45) is 5.92 Å². The van der Waals surface area contributed by atoms with Crippen molar-refractivity contribution in [1.82, 2.24) is 5.32 Å². The fourth-order valence-corrected chi connectivity index (χ4v) is 1.87. The number of hydrogen-bond acceptors (Lipinski definition) is 3. The third kappa shape index (κ3) is 6.29. The predicted molar refractivity (Wildman–Crippen MR) is 83.2 cm³/mol. The molecular formula is C16H24N2O3. The van der Waals surface area contributed by atoms with E-state index >= 15 is 0 Å². The summed E-state index contributed by atoms with van der Waals surface area (Å²) in [5.41, 5.74) is 1.46. The van der Waals surface area contributed by atoms with Gasteiger partial charge < -0.3 is 15.4 Å². The summed E-state index contributed by atoms with van der Waals surface area (Å²) < 4.78 is 4.70. The number of anilines is 1. The average Bonchev–Trinajstić information content (AvgIpc) is 2.37. The van der Waals surface area contributed by atoms with Gasteiger partial charge in [0.25, 0.3) is 0 Å². The number of carbonyl (C=O) groups is 2. The van der Waals surface area contributed by atoms with Crippen molar-refractivity contribution in [2.75, 3.05) is 12.4 Å². The van der Waals surface area contributed by atoms with Gasteiger partial charge in [0.1, 0.15) is 0 Å². The Morgan fingerprint density at radius 1 is 1.19 bits per heavy atom. The molecule has 0 saturated heterocycles. The van der Waals surface area contributed by atoms with Gasteiger partial charge in [-0.3, -0.25) is 4.79 Å². The molecule has 0 aliphatic rings. The maximum Gasteiger partial charge on any atom is 0.319 e. The first-order chi connectivity index (χ1) is 9.71. The van der Waals surface area contributed by atoms with Crippen LogP contribution in [-0.2, 0) is 16.0 Å². The molecule has 0 heterocycles. The lowest BCUT2D eigenvalue weighted by molar-refractivity contribution is -0.144. The minimum atomic E-state index is -0.278. The topological polar surface area (TPSA) is 67.4 Å². The lowest BCUT2D eigenvalue weighted by atomic mass is 10.0. The number of esters is 1. The molecule has 1 aromatic carbocycles. The monoisotopic (exact) mass is 292 g/mol. The van der Waals surface area contributed by atoms with E-state index in [1.54, 1.807) is 0 Å². The number of carbonyl (C=O) groups excluding carboxylic acids is 2. The molecule has 2 amide bonds. The van der Waals surface area contributed by atoms with Crippen LogP contribution < -0.4 is 10.6 Å². The molecule has 1 atom stereocenters. The molecule has 0 radical (unpaired) electrons. The van der Waals surface area contributed by atoms with Crippen molar-refractivity contribution in [3.05, 3.63) is 29.8 Å². The smallest absolute Gasteiger partial charge is 0.319 e. The van der Waals surface area contributed by atoms with E-state index in [1.165, 1.54) is 7.11 Å². The first kappa shape index (κ1) is 17.0. The van der Waals surface area contributed by atoms with E-state index in [0.717, 1.165) is 5.56 Å². The fraction of sp³-hybridized carbons (Fsp3) is 0.500. The van der Waals surface area contributed by atoms with Gasteiger partial charge in [-0.25, -0.2) is 4.79 Å². The van der Waals surface area contributed by atoms with Gasteiger partial charge >= 0.3 is 12.0 Å². The van der Waals surface area contributed by atoms with E-state index in [1.807, 2.05) is 52.0 Å². The van der Waals surface area contributed by atoms with Crippen LogP contribution >= 0.6 is 0 Å². The molecule has 0 spiro atoms. The Bertz CT molecular complexity index is 489. The van der Waals surface area contributed by atoms with Crippen LogP contribution in [0.25, 0.3) is 0 Å². The zero-order valence-corrected chi connectivity index (χ0v) is 13.3. The molecule has 5 nitrogen and oxygen atoms in total. The minimum absolute atomic E-state index is 0.182. The SMILES string of the molecule is COC(=O)C(C)Cc1ccc(NC(=O)NC(C)(C)C)cc1. The molecule has 0 aliphatic heterocycles. The van der Waals surface area contributed by atoms with Crippen LogP contribution in [0.1, 0.15) is 33.3 Å². The Morgan fingerprint density at radius 2 is 1.76 bits per heavy atom. The number of urea groups is 1. The molecule has 1 rings (SSSR count). The summed E-state index contributed by atoms with van der Waals surface area (Å²) in [5.74, 6) is -0.403. The Hall–Kier alpha value is -2.04. The van der Waals surface area contributed by atoms with Gasteiger partial charge in [0.05, 0.1) is 13.0 Å². The molecule has 2 N–H and O–H groups in total. The fourth-order valence-electron chi connectivity index (χ4n) is 1.87. The van der Waals surface area contributed by atoms with Gasteiger partial charge in [-0.2, -0.15) is 0 Å². The predicted octanol–water partition coefficient (Wildman–Crippen LogP) is 2.96. The maximum absolute atomic E-state index is 11.7. The maximum atomic E-state index is 11.7. The van der Waals surface area contributed by atoms with Crippen LogP contribution in [0.5, 0.6) is 0 Å². The summed E-state index contributed by atoms with van der Waals surface area (Å²) in [7, 11) is 1.39. The number of nitrogens with one attached hydrogen (secondary N) is 2. The molecule has 0 aliphatic carbocycles. The summed E-state index contributed by atoms with van der Waals surface area (Å²) in [6.45, 7) is 7.59. The lowest BCUT2D eigenvalue weighted by Gasteiger charge is -2.20. The van der Waals surface area contributed by atoms with Crippen LogP contribution in [0.4, 0.5) is 10.5 Å². The van der Waals surface area contributed by atoms with Crippen molar-refractivity contribution in [3.63, 3.8) is 0 Å². The summed E-state index contributed by atoms with van der Waals surface area (Å²) in [4.78, 5) is 23.1. The largest absolute Gasteiger partial charge is 0.469 e. The van der Waals surface area contributed by atoms with Gasteiger partial charge in [-0.1, -0.05) is 19.1 Å². The van der Waals surface area contributed by atoms with Crippen LogP contribution in [-0.4, -0.2) is 24.6 Å². The van der Waals surface area contributed by atoms with E-state index in [4.69, 9.17) is 4.74 Å². The van der Waals surface area contributed by atoms with E-state index in [2.05, 4.69) is 10.6 Å². The molecule has 21 heavy (non-hydrogen) atoms. The number of hydrogen-bond donors (Lipinski definition) is 2. The number of methoxy groups -OCH3 is 1. The second kappa shape index (κ2) is 7.11. The second-order valence-electron chi connectivity index (χ2n) is 6.15. The number of amides is 2. The minimum Gasteiger partial charge on any atom is -0.469 e. The molecule has 116 valence electrons. The van der Waals surface area contributed by atoms with Crippen molar-refractivity contribution in [3.8, 4) is 0 Å². The molecular weight excluding hydrogens is 268 g/mol. The van der Waals surface area contributed by atoms with Crippen LogP contribution in [0.15, 0.2) is 24.3 Å². The number of ether oxygens (including phenoxy) is 1. The molecule has 0 fully saturated rings. The molecule has 1 aromatic rings. The standard InChI is InChI=1S/C16H24N2O3/c1-11(14(19)21-5)10-12-6-8-13(9-7-12)17-15(20)18-16(2,3)4/h6-9,11H,10H2,1-5H3,(H2,17,18,20). The Balaban J connectivity index is 2.58. The molecule has 5 heteroatoms. The van der Waals surface area contributed by atoms with E-state index in [9.17, 15) is 9.59 Å². The molecule has 0 saturated carbocycles. The van der Waals surface area contributed by atoms with Crippen LogP contribution in [0.3, 0.4) is 0 Å². The molecule has 0 bridgehead atoms. The van der Waals surface area contributed by atoms with E-state index in [-0.39, 0.29) is 23.5 Å². The first-order valence-electron chi connectivity index (χ1n) is 6.97. The van der Waals surface area contributed by atoms with Gasteiger partial charge in [-0.05, 0) is 44.9 Å². The Labute approximate surface area is 126 Å². The normalized spacial score (nSPS) is 12.4. The second-order valence-corrected chi connectivity index (χ2v) is 6.15. The van der Waals surface area contributed by atoms with E-state index < -0.39 is 0 Å². The number of benzene rings is 1.